The first-order valence-corrected chi connectivity index (χ1v) is 10.6. The number of fused-ring (bicyclic) bond motifs is 4. The van der Waals surface area contributed by atoms with E-state index in [4.69, 9.17) is 15.2 Å². The highest BCUT2D eigenvalue weighted by Gasteiger charge is 2.29. The summed E-state index contributed by atoms with van der Waals surface area (Å²) in [4.78, 5) is 29.5. The van der Waals surface area contributed by atoms with Gasteiger partial charge in [0.15, 0.2) is 6.29 Å². The Hall–Kier alpha value is -3.10. The summed E-state index contributed by atoms with van der Waals surface area (Å²) in [6, 6.07) is 4.65. The minimum Gasteiger partial charge on any atom is -0.396 e. The number of hydrogen-bond donors (Lipinski definition) is 1. The van der Waals surface area contributed by atoms with E-state index in [2.05, 4.69) is 4.98 Å². The molecule has 1 aliphatic heterocycles. The molecule has 170 valence electrons. The molecule has 0 amide bonds. The number of rotatable bonds is 6. The van der Waals surface area contributed by atoms with Gasteiger partial charge in [0.05, 0.1) is 35.7 Å². The summed E-state index contributed by atoms with van der Waals surface area (Å²) in [5, 5.41) is 0.774. The molecule has 8 heteroatoms. The Morgan fingerprint density at radius 2 is 1.97 bits per heavy atom. The van der Waals surface area contributed by atoms with Gasteiger partial charge in [-0.1, -0.05) is 20.8 Å². The average Bonchev–Trinajstić information content (AvgIpc) is 3.16. The molecule has 2 aromatic heterocycles. The van der Waals surface area contributed by atoms with Crippen LogP contribution in [0.5, 0.6) is 0 Å². The van der Waals surface area contributed by atoms with E-state index in [0.717, 1.165) is 16.5 Å². The summed E-state index contributed by atoms with van der Waals surface area (Å²) < 4.78 is 26.2. The van der Waals surface area contributed by atoms with Crippen LogP contribution in [0.4, 0.5) is 10.1 Å². The Balaban J connectivity index is 0.00000141. The lowest BCUT2D eigenvalue weighted by molar-refractivity contribution is -0.116. The van der Waals surface area contributed by atoms with E-state index < -0.39 is 11.9 Å². The van der Waals surface area contributed by atoms with Crippen LogP contribution in [0.3, 0.4) is 0 Å². The van der Waals surface area contributed by atoms with Crippen LogP contribution in [0, 0.1) is 5.82 Å². The number of halogens is 1. The largest absolute Gasteiger partial charge is 0.396 e. The van der Waals surface area contributed by atoms with E-state index in [1.807, 2.05) is 20.8 Å². The molecule has 1 aliphatic rings. The van der Waals surface area contributed by atoms with E-state index in [0.29, 0.717) is 47.3 Å². The molecule has 0 fully saturated rings. The molecule has 0 spiro atoms. The van der Waals surface area contributed by atoms with E-state index in [1.54, 1.807) is 16.7 Å². The van der Waals surface area contributed by atoms with Crippen molar-refractivity contribution in [3.05, 3.63) is 56.6 Å². The second kappa shape index (κ2) is 9.58. The van der Waals surface area contributed by atoms with Crippen LogP contribution in [-0.4, -0.2) is 30.1 Å². The van der Waals surface area contributed by atoms with Crippen LogP contribution in [0.25, 0.3) is 22.3 Å². The standard InChI is InChI=1S/C22H22FN3O4.C2H6/c1-4-11-12-5-17(24)16(23)7-18(12)25-21-14(11)8-26-19(21)6-13(20(9-27)30-3)15(10-29-2)22(26)28;1-2/h5-7,9,20H,4,8,10,24H2,1-3H3;1-2H3. The molecule has 0 saturated carbocycles. The number of aromatic nitrogens is 2. The fourth-order valence-electron chi connectivity index (χ4n) is 4.21. The molecule has 0 bridgehead atoms. The average molecular weight is 442 g/mol. The number of nitrogens with zero attached hydrogens (tertiary/aromatic N) is 2. The van der Waals surface area contributed by atoms with Gasteiger partial charge in [0.1, 0.15) is 11.9 Å². The number of anilines is 1. The Bertz CT molecular complexity index is 1240. The van der Waals surface area contributed by atoms with Crippen molar-refractivity contribution >= 4 is 22.9 Å². The van der Waals surface area contributed by atoms with Gasteiger partial charge in [0, 0.05) is 42.4 Å². The maximum Gasteiger partial charge on any atom is 0.257 e. The number of nitrogen functional groups attached to an aromatic ring is 1. The molecule has 4 rings (SSSR count). The SMILES string of the molecule is CC.CCc1c2c(nc3cc(F)c(N)cc13)-c1cc(C(C=O)OC)c(COC)c(=O)n1C2. The molecule has 1 atom stereocenters. The van der Waals surface area contributed by atoms with Gasteiger partial charge in [0.2, 0.25) is 0 Å². The first-order chi connectivity index (χ1) is 15.4. The summed E-state index contributed by atoms with van der Waals surface area (Å²) in [6.45, 7) is 6.38. The highest BCUT2D eigenvalue weighted by Crippen LogP contribution is 2.38. The molecule has 1 aromatic carbocycles. The number of hydrogen-bond acceptors (Lipinski definition) is 6. The van der Waals surface area contributed by atoms with E-state index in [1.165, 1.54) is 20.3 Å². The molecule has 0 aliphatic carbocycles. The van der Waals surface area contributed by atoms with Gasteiger partial charge in [-0.3, -0.25) is 4.79 Å². The highest BCUT2D eigenvalue weighted by molar-refractivity contribution is 5.90. The Labute approximate surface area is 186 Å². The van der Waals surface area contributed by atoms with Crippen LogP contribution < -0.4 is 11.3 Å². The van der Waals surface area contributed by atoms with Gasteiger partial charge in [-0.25, -0.2) is 9.37 Å². The minimum absolute atomic E-state index is 0.0519. The fourth-order valence-corrected chi connectivity index (χ4v) is 4.21. The van der Waals surface area contributed by atoms with Crippen molar-refractivity contribution in [3.63, 3.8) is 0 Å². The number of aldehydes is 1. The minimum atomic E-state index is -0.902. The lowest BCUT2D eigenvalue weighted by atomic mass is 9.97. The van der Waals surface area contributed by atoms with Crippen LogP contribution in [-0.2, 0) is 33.8 Å². The summed E-state index contributed by atoms with van der Waals surface area (Å²) in [7, 11) is 2.89. The van der Waals surface area contributed by atoms with Gasteiger partial charge >= 0.3 is 0 Å². The number of carbonyl (C=O) groups is 1. The van der Waals surface area contributed by atoms with Gasteiger partial charge in [-0.2, -0.15) is 0 Å². The smallest absolute Gasteiger partial charge is 0.257 e. The number of carbonyl (C=O) groups excluding carboxylic acids is 1. The van der Waals surface area contributed by atoms with E-state index in [9.17, 15) is 14.0 Å². The van der Waals surface area contributed by atoms with Gasteiger partial charge in [-0.05, 0) is 24.1 Å². The lowest BCUT2D eigenvalue weighted by Gasteiger charge is -2.16. The number of methoxy groups -OCH3 is 2. The first kappa shape index (κ1) is 23.6. The van der Waals surface area contributed by atoms with Gasteiger partial charge in [-0.15, -0.1) is 0 Å². The van der Waals surface area contributed by atoms with Crippen LogP contribution in [0.1, 0.15) is 49.1 Å². The zero-order chi connectivity index (χ0) is 23.6. The molecule has 0 radical (unpaired) electrons. The summed E-state index contributed by atoms with van der Waals surface area (Å²) in [5.41, 5.74) is 9.91. The number of benzene rings is 1. The quantitative estimate of drug-likeness (QED) is 0.361. The molecular formula is C24H28FN3O4. The van der Waals surface area contributed by atoms with Crippen molar-refractivity contribution in [1.29, 1.82) is 0 Å². The number of aryl methyl sites for hydroxylation is 1. The first-order valence-electron chi connectivity index (χ1n) is 10.6. The molecule has 0 saturated heterocycles. The Morgan fingerprint density at radius 3 is 2.56 bits per heavy atom. The highest BCUT2D eigenvalue weighted by atomic mass is 19.1. The molecule has 3 aromatic rings. The van der Waals surface area contributed by atoms with E-state index in [-0.39, 0.29) is 17.9 Å². The predicted molar refractivity (Wildman–Crippen MR) is 122 cm³/mol. The van der Waals surface area contributed by atoms with Crippen LogP contribution >= 0.6 is 0 Å². The molecule has 1 unspecified atom stereocenters. The normalized spacial score (nSPS) is 12.7. The number of ether oxygens (including phenoxy) is 2. The van der Waals surface area contributed by atoms with Gasteiger partial charge < -0.3 is 24.6 Å². The van der Waals surface area contributed by atoms with Crippen LogP contribution in [0.2, 0.25) is 0 Å². The predicted octanol–water partition coefficient (Wildman–Crippen LogP) is 3.77. The van der Waals surface area contributed by atoms with Crippen molar-refractivity contribution in [1.82, 2.24) is 9.55 Å². The third kappa shape index (κ3) is 3.69. The van der Waals surface area contributed by atoms with Crippen molar-refractivity contribution in [3.8, 4) is 11.4 Å². The number of pyridine rings is 2. The summed E-state index contributed by atoms with van der Waals surface area (Å²) in [5.74, 6) is -0.538. The van der Waals surface area contributed by atoms with Crippen LogP contribution in [0.15, 0.2) is 23.0 Å². The van der Waals surface area contributed by atoms with Crippen molar-refractivity contribution < 1.29 is 18.7 Å². The maximum absolute atomic E-state index is 14.1. The summed E-state index contributed by atoms with van der Waals surface area (Å²) >= 11 is 0. The lowest BCUT2D eigenvalue weighted by Crippen LogP contribution is -2.27. The molecule has 2 N–H and O–H groups in total. The fraction of sp³-hybridized carbons (Fsp3) is 0.375. The van der Waals surface area contributed by atoms with Gasteiger partial charge in [0.25, 0.3) is 5.56 Å². The number of nitrogens with two attached hydrogens (primary N) is 1. The zero-order valence-corrected chi connectivity index (χ0v) is 19.0. The second-order valence-corrected chi connectivity index (χ2v) is 7.24. The second-order valence-electron chi connectivity index (χ2n) is 7.24. The molecular weight excluding hydrogens is 413 g/mol. The third-order valence-electron chi connectivity index (χ3n) is 5.64. The van der Waals surface area contributed by atoms with Crippen molar-refractivity contribution in [2.24, 2.45) is 0 Å². The monoisotopic (exact) mass is 441 g/mol. The topological polar surface area (TPSA) is 96.4 Å². The summed E-state index contributed by atoms with van der Waals surface area (Å²) in [6.07, 6.45) is 0.410. The Morgan fingerprint density at radius 1 is 1.25 bits per heavy atom. The maximum atomic E-state index is 14.1. The molecule has 7 nitrogen and oxygen atoms in total. The third-order valence-corrected chi connectivity index (χ3v) is 5.64. The molecule has 32 heavy (non-hydrogen) atoms. The van der Waals surface area contributed by atoms with Crippen molar-refractivity contribution in [2.45, 2.75) is 46.4 Å². The van der Waals surface area contributed by atoms with Crippen molar-refractivity contribution in [2.75, 3.05) is 20.0 Å². The zero-order valence-electron chi connectivity index (χ0n) is 19.0. The van der Waals surface area contributed by atoms with E-state index >= 15 is 0 Å². The molecule has 3 heterocycles. The Kier molecular flexibility index (Phi) is 7.06.